The molecule has 0 fully saturated rings. The van der Waals surface area contributed by atoms with E-state index in [0.29, 0.717) is 44.8 Å². The summed E-state index contributed by atoms with van der Waals surface area (Å²) < 4.78 is 37.0. The van der Waals surface area contributed by atoms with Crippen LogP contribution in [0.1, 0.15) is 17.4 Å². The number of ether oxygens (including phenoxy) is 2. The first-order valence-corrected chi connectivity index (χ1v) is 11.6. The maximum Gasteiger partial charge on any atom is 0.262 e. The molecule has 0 atom stereocenters. The predicted molar refractivity (Wildman–Crippen MR) is 124 cm³/mol. The number of aromatic nitrogens is 4. The average molecular weight is 492 g/mol. The van der Waals surface area contributed by atoms with Gasteiger partial charge in [0.15, 0.2) is 16.7 Å². The molecule has 0 spiro atoms. The Balaban J connectivity index is 1.35. The van der Waals surface area contributed by atoms with Gasteiger partial charge in [-0.1, -0.05) is 29.1 Å². The summed E-state index contributed by atoms with van der Waals surface area (Å²) in [5.41, 5.74) is 0.755. The third-order valence-electron chi connectivity index (χ3n) is 5.40. The fourth-order valence-corrected chi connectivity index (χ4v) is 4.59. The summed E-state index contributed by atoms with van der Waals surface area (Å²) in [5.74, 6) is 2.88. The fraction of sp³-hybridized carbons (Fsp3) is 0.167. The minimum absolute atomic E-state index is 0.0952. The number of hydrogen-bond donors (Lipinski definition) is 0. The molecule has 9 nitrogen and oxygen atoms in total. The van der Waals surface area contributed by atoms with Gasteiger partial charge in [-0.3, -0.25) is 9.36 Å². The van der Waals surface area contributed by atoms with Crippen molar-refractivity contribution in [3.8, 4) is 22.9 Å². The van der Waals surface area contributed by atoms with Gasteiger partial charge in [-0.2, -0.15) is 4.98 Å². The second-order valence-electron chi connectivity index (χ2n) is 7.83. The van der Waals surface area contributed by atoms with Crippen molar-refractivity contribution < 1.29 is 22.8 Å². The number of furan rings is 1. The molecule has 0 saturated heterocycles. The molecule has 0 saturated carbocycles. The molecule has 11 heteroatoms. The Labute approximate surface area is 201 Å². The minimum Gasteiger partial charge on any atom is -0.464 e. The van der Waals surface area contributed by atoms with Crippen molar-refractivity contribution in [3.05, 3.63) is 82.1 Å². The zero-order valence-electron chi connectivity index (χ0n) is 18.4. The van der Waals surface area contributed by atoms with Crippen LogP contribution in [0.25, 0.3) is 22.3 Å². The summed E-state index contributed by atoms with van der Waals surface area (Å²) in [5, 5.41) is 4.79. The highest BCUT2D eigenvalue weighted by Gasteiger charge is 2.20. The van der Waals surface area contributed by atoms with E-state index < -0.39 is 0 Å². The molecule has 4 heterocycles. The van der Waals surface area contributed by atoms with E-state index in [9.17, 15) is 9.18 Å². The molecule has 0 N–H and O–H groups in total. The van der Waals surface area contributed by atoms with Crippen LogP contribution in [0.3, 0.4) is 0 Å². The molecule has 2 aromatic carbocycles. The molecule has 176 valence electrons. The van der Waals surface area contributed by atoms with Crippen molar-refractivity contribution >= 4 is 22.7 Å². The van der Waals surface area contributed by atoms with Crippen LogP contribution in [-0.2, 0) is 12.3 Å². The fourth-order valence-electron chi connectivity index (χ4n) is 3.75. The van der Waals surface area contributed by atoms with Crippen molar-refractivity contribution in [2.75, 3.05) is 6.79 Å². The smallest absolute Gasteiger partial charge is 0.262 e. The third kappa shape index (κ3) is 4.14. The highest BCUT2D eigenvalue weighted by molar-refractivity contribution is 7.98. The molecule has 1 aliphatic heterocycles. The third-order valence-corrected chi connectivity index (χ3v) is 6.36. The van der Waals surface area contributed by atoms with Gasteiger partial charge in [-0.25, -0.2) is 9.37 Å². The van der Waals surface area contributed by atoms with Crippen molar-refractivity contribution in [3.63, 3.8) is 0 Å². The standard InChI is InChI=1S/C24H17FN4O5S/c1-13-5-6-16(33-13)10-29-23(30)17-8-19-20(32-12-31-19)9-18(17)26-24(29)35-11-21-27-22(28-34-21)14-3-2-4-15(25)7-14/h2-9H,10-12H2,1H3. The van der Waals surface area contributed by atoms with Gasteiger partial charge in [0, 0.05) is 11.6 Å². The summed E-state index contributed by atoms with van der Waals surface area (Å²) >= 11 is 1.27. The first-order valence-electron chi connectivity index (χ1n) is 10.6. The lowest BCUT2D eigenvalue weighted by Gasteiger charge is -2.12. The molecule has 0 bridgehead atoms. The number of halogens is 1. The van der Waals surface area contributed by atoms with Crippen LogP contribution in [0.2, 0.25) is 0 Å². The maximum atomic E-state index is 13.5. The molecule has 6 rings (SSSR count). The lowest BCUT2D eigenvalue weighted by molar-refractivity contribution is 0.174. The van der Waals surface area contributed by atoms with Gasteiger partial charge in [-0.05, 0) is 37.3 Å². The molecule has 5 aromatic rings. The van der Waals surface area contributed by atoms with Crippen molar-refractivity contribution in [1.82, 2.24) is 19.7 Å². The molecule has 1 aliphatic rings. The van der Waals surface area contributed by atoms with Gasteiger partial charge in [-0.15, -0.1) is 0 Å². The van der Waals surface area contributed by atoms with E-state index in [1.165, 1.54) is 28.5 Å². The molecule has 0 radical (unpaired) electrons. The Morgan fingerprint density at radius 2 is 1.94 bits per heavy atom. The quantitative estimate of drug-likeness (QED) is 0.249. The van der Waals surface area contributed by atoms with Crippen LogP contribution in [0, 0.1) is 12.7 Å². The molecule has 35 heavy (non-hydrogen) atoms. The second-order valence-corrected chi connectivity index (χ2v) is 8.77. The Hall–Kier alpha value is -4.12. The van der Waals surface area contributed by atoms with E-state index in [1.54, 1.807) is 24.3 Å². The Morgan fingerprint density at radius 3 is 2.74 bits per heavy atom. The van der Waals surface area contributed by atoms with Gasteiger partial charge in [0.05, 0.1) is 23.2 Å². The average Bonchev–Trinajstić information content (AvgIpc) is 3.60. The Kier molecular flexibility index (Phi) is 5.25. The molecule has 0 amide bonds. The summed E-state index contributed by atoms with van der Waals surface area (Å²) in [7, 11) is 0. The second kappa shape index (κ2) is 8.58. The summed E-state index contributed by atoms with van der Waals surface area (Å²) in [6.45, 7) is 2.13. The van der Waals surface area contributed by atoms with Crippen molar-refractivity contribution in [2.45, 2.75) is 24.4 Å². The topological polar surface area (TPSA) is 105 Å². The van der Waals surface area contributed by atoms with Gasteiger partial charge >= 0.3 is 0 Å². The van der Waals surface area contributed by atoms with Crippen molar-refractivity contribution in [2.24, 2.45) is 0 Å². The number of hydrogen-bond acceptors (Lipinski definition) is 9. The molecule has 0 aliphatic carbocycles. The lowest BCUT2D eigenvalue weighted by atomic mass is 10.2. The van der Waals surface area contributed by atoms with Crippen LogP contribution in [-0.4, -0.2) is 26.5 Å². The predicted octanol–water partition coefficient (Wildman–Crippen LogP) is 4.56. The van der Waals surface area contributed by atoms with Crippen molar-refractivity contribution in [1.29, 1.82) is 0 Å². The normalized spacial score (nSPS) is 12.5. The van der Waals surface area contributed by atoms with Gasteiger partial charge < -0.3 is 18.4 Å². The largest absolute Gasteiger partial charge is 0.464 e. The zero-order chi connectivity index (χ0) is 23.9. The number of fused-ring (bicyclic) bond motifs is 2. The highest BCUT2D eigenvalue weighted by atomic mass is 32.2. The molecular weight excluding hydrogens is 475 g/mol. The van der Waals surface area contributed by atoms with Crippen LogP contribution in [0.15, 0.2) is 67.4 Å². The summed E-state index contributed by atoms with van der Waals surface area (Å²) in [6.07, 6.45) is 0. The summed E-state index contributed by atoms with van der Waals surface area (Å²) in [6, 6.07) is 13.0. The van der Waals surface area contributed by atoms with Crippen LogP contribution in [0.5, 0.6) is 11.5 Å². The molecule has 0 unspecified atom stereocenters. The number of aryl methyl sites for hydroxylation is 1. The van der Waals surface area contributed by atoms with Gasteiger partial charge in [0.25, 0.3) is 5.56 Å². The maximum absolute atomic E-state index is 13.5. The number of benzene rings is 2. The minimum atomic E-state index is -0.387. The number of nitrogens with zero attached hydrogens (tertiary/aromatic N) is 4. The van der Waals surface area contributed by atoms with Crippen LogP contribution < -0.4 is 15.0 Å². The van der Waals surface area contributed by atoms with Gasteiger partial charge in [0.1, 0.15) is 17.3 Å². The van der Waals surface area contributed by atoms with E-state index in [0.717, 1.165) is 5.76 Å². The first kappa shape index (κ1) is 21.4. The Morgan fingerprint density at radius 1 is 1.09 bits per heavy atom. The van der Waals surface area contributed by atoms with E-state index in [4.69, 9.17) is 23.4 Å². The lowest BCUT2D eigenvalue weighted by Crippen LogP contribution is -2.23. The van der Waals surface area contributed by atoms with E-state index >= 15 is 0 Å². The SMILES string of the molecule is Cc1ccc(Cn2c(SCc3nc(-c4cccc(F)c4)no3)nc3cc4c(cc3c2=O)OCO4)o1. The monoisotopic (exact) mass is 492 g/mol. The zero-order valence-corrected chi connectivity index (χ0v) is 19.2. The van der Waals surface area contributed by atoms with Crippen LogP contribution in [0.4, 0.5) is 4.39 Å². The molecule has 3 aromatic heterocycles. The molecular formula is C24H17FN4O5S. The van der Waals surface area contributed by atoms with E-state index in [2.05, 4.69) is 10.1 Å². The van der Waals surface area contributed by atoms with E-state index in [-0.39, 0.29) is 36.3 Å². The van der Waals surface area contributed by atoms with Gasteiger partial charge in [0.2, 0.25) is 18.5 Å². The van der Waals surface area contributed by atoms with E-state index in [1.807, 2.05) is 19.1 Å². The Bertz CT molecular complexity index is 1630. The number of rotatable bonds is 6. The highest BCUT2D eigenvalue weighted by Crippen LogP contribution is 2.35. The first-order chi connectivity index (χ1) is 17.0. The van der Waals surface area contributed by atoms with Crippen LogP contribution >= 0.6 is 11.8 Å². The number of thioether (sulfide) groups is 1. The summed E-state index contributed by atoms with van der Waals surface area (Å²) in [4.78, 5) is 22.5.